The highest BCUT2D eigenvalue weighted by molar-refractivity contribution is 7.99. The summed E-state index contributed by atoms with van der Waals surface area (Å²) < 4.78 is 12.5. The van der Waals surface area contributed by atoms with Crippen LogP contribution in [0.25, 0.3) is 17.1 Å². The van der Waals surface area contributed by atoms with Crippen molar-refractivity contribution in [3.8, 4) is 28.6 Å². The van der Waals surface area contributed by atoms with Crippen LogP contribution in [0.4, 0.5) is 0 Å². The van der Waals surface area contributed by atoms with Crippen LogP contribution in [-0.4, -0.2) is 46.4 Å². The lowest BCUT2D eigenvalue weighted by atomic mass is 10.1. The molecule has 8 nitrogen and oxygen atoms in total. The number of nitrogens with zero attached hydrogens (tertiary/aromatic N) is 4. The fraction of sp³-hybridized carbons (Fsp3) is 0.154. The number of amides is 1. The minimum atomic E-state index is -0.276. The Hall–Kier alpha value is -3.82. The van der Waals surface area contributed by atoms with E-state index in [9.17, 15) is 4.79 Å². The Balaban J connectivity index is 1.55. The van der Waals surface area contributed by atoms with E-state index in [1.165, 1.54) is 11.8 Å². The van der Waals surface area contributed by atoms with E-state index < -0.39 is 0 Å². The van der Waals surface area contributed by atoms with Crippen molar-refractivity contribution in [3.63, 3.8) is 0 Å². The molecule has 10 heteroatoms. The molecule has 1 amide bonds. The van der Waals surface area contributed by atoms with Gasteiger partial charge in [-0.15, -0.1) is 10.2 Å². The molecule has 0 radical (unpaired) electrons. The number of nitrogens with one attached hydrogen (secondary N) is 1. The van der Waals surface area contributed by atoms with Gasteiger partial charge in [0.05, 0.1) is 25.7 Å². The van der Waals surface area contributed by atoms with Crippen molar-refractivity contribution < 1.29 is 14.3 Å². The molecule has 4 aromatic rings. The van der Waals surface area contributed by atoms with Crippen LogP contribution in [0.5, 0.6) is 11.5 Å². The molecule has 1 N–H and O–H groups in total. The maximum absolute atomic E-state index is 12.6. The first-order valence-corrected chi connectivity index (χ1v) is 12.3. The number of thioether (sulfide) groups is 1. The third-order valence-electron chi connectivity index (χ3n) is 5.26. The maximum atomic E-state index is 12.6. The first kappa shape index (κ1) is 25.3. The molecule has 0 fully saturated rings. The largest absolute Gasteiger partial charge is 0.497 e. The highest BCUT2D eigenvalue weighted by Gasteiger charge is 2.18. The van der Waals surface area contributed by atoms with E-state index in [1.54, 1.807) is 27.2 Å². The molecule has 0 aliphatic rings. The van der Waals surface area contributed by atoms with Gasteiger partial charge in [-0.05, 0) is 61.5 Å². The fourth-order valence-electron chi connectivity index (χ4n) is 3.38. The van der Waals surface area contributed by atoms with Crippen LogP contribution in [0.2, 0.25) is 5.02 Å². The van der Waals surface area contributed by atoms with Gasteiger partial charge in [-0.1, -0.05) is 41.6 Å². The minimum Gasteiger partial charge on any atom is -0.497 e. The van der Waals surface area contributed by atoms with Gasteiger partial charge in [0.15, 0.2) is 11.0 Å². The van der Waals surface area contributed by atoms with Crippen LogP contribution in [0.3, 0.4) is 0 Å². The number of aromatic nitrogens is 3. The second-order valence-corrected chi connectivity index (χ2v) is 8.92. The molecular weight excluding hydrogens is 498 g/mol. The number of carbonyl (C=O) groups excluding carboxylic acids is 1. The summed E-state index contributed by atoms with van der Waals surface area (Å²) in [4.78, 5) is 12.6. The molecule has 0 saturated carbocycles. The van der Waals surface area contributed by atoms with Crippen molar-refractivity contribution in [2.24, 2.45) is 5.10 Å². The molecule has 1 aromatic heterocycles. The van der Waals surface area contributed by atoms with Gasteiger partial charge in [0, 0.05) is 21.8 Å². The smallest absolute Gasteiger partial charge is 0.250 e. The molecule has 0 bridgehead atoms. The number of rotatable bonds is 9. The van der Waals surface area contributed by atoms with Crippen LogP contribution in [0.15, 0.2) is 83.1 Å². The molecule has 1 heterocycles. The zero-order valence-corrected chi connectivity index (χ0v) is 21.5. The second-order valence-electron chi connectivity index (χ2n) is 7.57. The van der Waals surface area contributed by atoms with Crippen molar-refractivity contribution in [1.29, 1.82) is 0 Å². The van der Waals surface area contributed by atoms with Crippen molar-refractivity contribution >= 4 is 35.0 Å². The SMILES string of the molecule is COc1ccc(-c2nnc(SCC(=O)N/N=C(/C)c3ccccc3Cl)n2-c2ccc(OC)cc2)cc1. The highest BCUT2D eigenvalue weighted by Crippen LogP contribution is 2.29. The van der Waals surface area contributed by atoms with Gasteiger partial charge in [0.25, 0.3) is 5.91 Å². The Morgan fingerprint density at radius 3 is 2.25 bits per heavy atom. The molecule has 3 aromatic carbocycles. The number of halogens is 1. The molecule has 4 rings (SSSR count). The van der Waals surface area contributed by atoms with Gasteiger partial charge in [0.2, 0.25) is 0 Å². The summed E-state index contributed by atoms with van der Waals surface area (Å²) in [6, 6.07) is 22.4. The fourth-order valence-corrected chi connectivity index (χ4v) is 4.39. The molecule has 184 valence electrons. The lowest BCUT2D eigenvalue weighted by Gasteiger charge is -2.11. The summed E-state index contributed by atoms with van der Waals surface area (Å²) >= 11 is 7.47. The van der Waals surface area contributed by atoms with E-state index in [0.717, 1.165) is 28.3 Å². The number of carbonyl (C=O) groups is 1. The van der Waals surface area contributed by atoms with Gasteiger partial charge in [-0.25, -0.2) is 5.43 Å². The predicted molar refractivity (Wildman–Crippen MR) is 142 cm³/mol. The molecular formula is C26H24ClN5O3S. The molecule has 0 atom stereocenters. The van der Waals surface area contributed by atoms with E-state index in [4.69, 9.17) is 21.1 Å². The van der Waals surface area contributed by atoms with E-state index in [1.807, 2.05) is 71.3 Å². The average molecular weight is 522 g/mol. The third-order valence-corrected chi connectivity index (χ3v) is 6.52. The van der Waals surface area contributed by atoms with Crippen LogP contribution in [-0.2, 0) is 4.79 Å². The number of methoxy groups -OCH3 is 2. The van der Waals surface area contributed by atoms with Crippen LogP contribution in [0.1, 0.15) is 12.5 Å². The van der Waals surface area contributed by atoms with Gasteiger partial charge in [-0.3, -0.25) is 9.36 Å². The molecule has 0 aliphatic carbocycles. The van der Waals surface area contributed by atoms with Gasteiger partial charge in [-0.2, -0.15) is 5.10 Å². The van der Waals surface area contributed by atoms with E-state index in [0.29, 0.717) is 21.7 Å². The first-order chi connectivity index (χ1) is 17.5. The molecule has 0 unspecified atom stereocenters. The standard InChI is InChI=1S/C26H24ClN5O3S/c1-17(22-6-4-5-7-23(22)27)28-29-24(33)16-36-26-31-30-25(18-8-12-20(34-2)13-9-18)32(26)19-10-14-21(35-3)15-11-19/h4-15H,16H2,1-3H3,(H,29,33)/b28-17-. The summed E-state index contributed by atoms with van der Waals surface area (Å²) in [5.74, 6) is 1.93. The van der Waals surface area contributed by atoms with E-state index in [-0.39, 0.29) is 11.7 Å². The predicted octanol–water partition coefficient (Wildman–Crippen LogP) is 5.24. The summed E-state index contributed by atoms with van der Waals surface area (Å²) in [7, 11) is 3.24. The van der Waals surface area contributed by atoms with Crippen LogP contribution in [0, 0.1) is 0 Å². The summed E-state index contributed by atoms with van der Waals surface area (Å²) in [6.45, 7) is 1.79. The highest BCUT2D eigenvalue weighted by atomic mass is 35.5. The van der Waals surface area contributed by atoms with E-state index in [2.05, 4.69) is 20.7 Å². The van der Waals surface area contributed by atoms with Crippen molar-refractivity contribution in [1.82, 2.24) is 20.2 Å². The summed E-state index contributed by atoms with van der Waals surface area (Å²) in [5.41, 5.74) is 5.65. The normalized spacial score (nSPS) is 11.3. The topological polar surface area (TPSA) is 90.6 Å². The Kier molecular flexibility index (Phi) is 8.24. The molecule has 36 heavy (non-hydrogen) atoms. The number of benzene rings is 3. The Morgan fingerprint density at radius 1 is 0.972 bits per heavy atom. The number of hydrogen-bond acceptors (Lipinski definition) is 7. The average Bonchev–Trinajstić information content (AvgIpc) is 3.34. The molecule has 0 aliphatic heterocycles. The van der Waals surface area contributed by atoms with Crippen LogP contribution < -0.4 is 14.9 Å². The Labute approximate surface area is 218 Å². The molecule has 0 spiro atoms. The lowest BCUT2D eigenvalue weighted by Crippen LogP contribution is -2.21. The maximum Gasteiger partial charge on any atom is 0.250 e. The van der Waals surface area contributed by atoms with Crippen LogP contribution >= 0.6 is 23.4 Å². The zero-order chi connectivity index (χ0) is 25.5. The Morgan fingerprint density at radius 2 is 1.61 bits per heavy atom. The van der Waals surface area contributed by atoms with Crippen molar-refractivity contribution in [2.75, 3.05) is 20.0 Å². The number of ether oxygens (including phenoxy) is 2. The summed E-state index contributed by atoms with van der Waals surface area (Å²) in [6.07, 6.45) is 0. The monoisotopic (exact) mass is 521 g/mol. The van der Waals surface area contributed by atoms with Gasteiger partial charge >= 0.3 is 0 Å². The van der Waals surface area contributed by atoms with Crippen molar-refractivity contribution in [3.05, 3.63) is 83.4 Å². The third kappa shape index (κ3) is 5.87. The van der Waals surface area contributed by atoms with Crippen molar-refractivity contribution in [2.45, 2.75) is 12.1 Å². The lowest BCUT2D eigenvalue weighted by molar-refractivity contribution is -0.118. The zero-order valence-electron chi connectivity index (χ0n) is 19.9. The van der Waals surface area contributed by atoms with Gasteiger partial charge in [0.1, 0.15) is 11.5 Å². The molecule has 0 saturated heterocycles. The first-order valence-electron chi connectivity index (χ1n) is 10.9. The second kappa shape index (κ2) is 11.7. The quantitative estimate of drug-likeness (QED) is 0.184. The minimum absolute atomic E-state index is 0.0935. The Bertz CT molecular complexity index is 1370. The summed E-state index contributed by atoms with van der Waals surface area (Å²) in [5, 5.41) is 14.1. The van der Waals surface area contributed by atoms with E-state index >= 15 is 0 Å². The number of hydrogen-bond donors (Lipinski definition) is 1. The van der Waals surface area contributed by atoms with Gasteiger partial charge < -0.3 is 9.47 Å². The number of hydrazone groups is 1.